The molecule has 0 heterocycles. The van der Waals surface area contributed by atoms with Crippen molar-refractivity contribution in [3.05, 3.63) is 24.3 Å². The molecule has 1 rings (SSSR count). The summed E-state index contributed by atoms with van der Waals surface area (Å²) in [5.41, 5.74) is 0.609. The summed E-state index contributed by atoms with van der Waals surface area (Å²) >= 11 is 0. The lowest BCUT2D eigenvalue weighted by Gasteiger charge is -2.12. The van der Waals surface area contributed by atoms with Crippen molar-refractivity contribution < 1.29 is 14.3 Å². The Bertz CT molecular complexity index is 458. The molecule has 0 fully saturated rings. The third-order valence-electron chi connectivity index (χ3n) is 2.50. The van der Waals surface area contributed by atoms with Gasteiger partial charge in [0.05, 0.1) is 18.8 Å². The summed E-state index contributed by atoms with van der Waals surface area (Å²) < 4.78 is 5.41. The third-order valence-corrected chi connectivity index (χ3v) is 2.50. The number of carbonyl (C=O) groups is 2. The molecule has 0 spiro atoms. The standard InChI is InChI=1S/C15H22N2O3/c1-4-20-13-8-6-5-7-12(13)17-15(19)10-16-14(18)9-11(2)3/h5-8,11H,4,9-10H2,1-3H3,(H,16,18)(H,17,19). The highest BCUT2D eigenvalue weighted by atomic mass is 16.5. The number of benzene rings is 1. The minimum Gasteiger partial charge on any atom is -0.492 e. The highest BCUT2D eigenvalue weighted by Gasteiger charge is 2.09. The van der Waals surface area contributed by atoms with Gasteiger partial charge in [-0.05, 0) is 25.0 Å². The van der Waals surface area contributed by atoms with E-state index in [0.717, 1.165) is 0 Å². The summed E-state index contributed by atoms with van der Waals surface area (Å²) in [6, 6.07) is 7.20. The number of hydrogen-bond donors (Lipinski definition) is 2. The van der Waals surface area contributed by atoms with Crippen molar-refractivity contribution in [2.45, 2.75) is 27.2 Å². The normalized spacial score (nSPS) is 10.2. The summed E-state index contributed by atoms with van der Waals surface area (Å²) in [4.78, 5) is 23.2. The van der Waals surface area contributed by atoms with Gasteiger partial charge >= 0.3 is 0 Å². The van der Waals surface area contributed by atoms with Gasteiger partial charge in [-0.3, -0.25) is 9.59 Å². The first-order valence-electron chi connectivity index (χ1n) is 6.81. The van der Waals surface area contributed by atoms with Crippen LogP contribution in [0.4, 0.5) is 5.69 Å². The molecule has 0 bridgehead atoms. The Labute approximate surface area is 119 Å². The Kier molecular flexibility index (Phi) is 6.56. The average molecular weight is 278 g/mol. The van der Waals surface area contributed by atoms with E-state index in [4.69, 9.17) is 4.74 Å². The summed E-state index contributed by atoms with van der Waals surface area (Å²) in [7, 11) is 0. The van der Waals surface area contributed by atoms with Crippen LogP contribution in [0.3, 0.4) is 0 Å². The van der Waals surface area contributed by atoms with Crippen molar-refractivity contribution in [3.63, 3.8) is 0 Å². The summed E-state index contributed by atoms with van der Waals surface area (Å²) in [6.45, 7) is 6.28. The van der Waals surface area contributed by atoms with E-state index >= 15 is 0 Å². The molecule has 5 nitrogen and oxygen atoms in total. The Morgan fingerprint density at radius 2 is 1.90 bits per heavy atom. The SMILES string of the molecule is CCOc1ccccc1NC(=O)CNC(=O)CC(C)C. The van der Waals surface area contributed by atoms with Crippen LogP contribution in [0.5, 0.6) is 5.75 Å². The van der Waals surface area contributed by atoms with Gasteiger partial charge in [-0.25, -0.2) is 0 Å². The zero-order valence-corrected chi connectivity index (χ0v) is 12.2. The van der Waals surface area contributed by atoms with Crippen LogP contribution < -0.4 is 15.4 Å². The Morgan fingerprint density at radius 1 is 1.20 bits per heavy atom. The number of para-hydroxylation sites is 2. The second kappa shape index (κ2) is 8.19. The molecular weight excluding hydrogens is 256 g/mol. The van der Waals surface area contributed by atoms with E-state index in [1.807, 2.05) is 32.9 Å². The molecule has 2 amide bonds. The topological polar surface area (TPSA) is 67.4 Å². The third kappa shape index (κ3) is 5.73. The molecule has 1 aromatic carbocycles. The van der Waals surface area contributed by atoms with Gasteiger partial charge in [0.1, 0.15) is 5.75 Å². The van der Waals surface area contributed by atoms with Gasteiger partial charge in [0, 0.05) is 6.42 Å². The fourth-order valence-corrected chi connectivity index (χ4v) is 1.67. The van der Waals surface area contributed by atoms with Crippen LogP contribution in [0.25, 0.3) is 0 Å². The van der Waals surface area contributed by atoms with Crippen molar-refractivity contribution in [3.8, 4) is 5.75 Å². The zero-order chi connectivity index (χ0) is 15.0. The van der Waals surface area contributed by atoms with Gasteiger partial charge in [-0.1, -0.05) is 26.0 Å². The first kappa shape index (κ1) is 16.0. The molecule has 5 heteroatoms. The van der Waals surface area contributed by atoms with E-state index in [9.17, 15) is 9.59 Å². The van der Waals surface area contributed by atoms with E-state index in [0.29, 0.717) is 24.5 Å². The molecule has 0 aromatic heterocycles. The molecule has 0 aliphatic heterocycles. The molecule has 0 radical (unpaired) electrons. The van der Waals surface area contributed by atoms with E-state index in [1.54, 1.807) is 12.1 Å². The fraction of sp³-hybridized carbons (Fsp3) is 0.467. The predicted molar refractivity (Wildman–Crippen MR) is 78.7 cm³/mol. The predicted octanol–water partition coefficient (Wildman–Crippen LogP) is 2.19. The van der Waals surface area contributed by atoms with E-state index < -0.39 is 0 Å². The monoisotopic (exact) mass is 278 g/mol. The highest BCUT2D eigenvalue weighted by molar-refractivity contribution is 5.95. The van der Waals surface area contributed by atoms with Gasteiger partial charge in [-0.15, -0.1) is 0 Å². The molecule has 110 valence electrons. The number of anilines is 1. The first-order chi connectivity index (χ1) is 9.52. The number of hydrogen-bond acceptors (Lipinski definition) is 3. The molecular formula is C15H22N2O3. The molecule has 0 unspecified atom stereocenters. The number of ether oxygens (including phenoxy) is 1. The molecule has 0 atom stereocenters. The fourth-order valence-electron chi connectivity index (χ4n) is 1.67. The minimum absolute atomic E-state index is 0.0357. The zero-order valence-electron chi connectivity index (χ0n) is 12.2. The van der Waals surface area contributed by atoms with Gasteiger partial charge < -0.3 is 15.4 Å². The smallest absolute Gasteiger partial charge is 0.243 e. The number of nitrogens with one attached hydrogen (secondary N) is 2. The summed E-state index contributed by atoms with van der Waals surface area (Å²) in [6.07, 6.45) is 0.419. The van der Waals surface area contributed by atoms with Gasteiger partial charge in [0.2, 0.25) is 11.8 Å². The van der Waals surface area contributed by atoms with Gasteiger partial charge in [0.15, 0.2) is 0 Å². The maximum atomic E-state index is 11.8. The Balaban J connectivity index is 2.48. The van der Waals surface area contributed by atoms with Crippen molar-refractivity contribution in [2.75, 3.05) is 18.5 Å². The molecule has 0 saturated carbocycles. The molecule has 2 N–H and O–H groups in total. The van der Waals surface area contributed by atoms with Crippen molar-refractivity contribution in [1.29, 1.82) is 0 Å². The second-order valence-corrected chi connectivity index (χ2v) is 4.85. The number of carbonyl (C=O) groups excluding carboxylic acids is 2. The van der Waals surface area contributed by atoms with E-state index in [2.05, 4.69) is 10.6 Å². The first-order valence-corrected chi connectivity index (χ1v) is 6.81. The minimum atomic E-state index is -0.269. The lowest BCUT2D eigenvalue weighted by molar-refractivity contribution is -0.124. The van der Waals surface area contributed by atoms with Gasteiger partial charge in [-0.2, -0.15) is 0 Å². The van der Waals surface area contributed by atoms with Crippen LogP contribution in [0.15, 0.2) is 24.3 Å². The Morgan fingerprint density at radius 3 is 2.55 bits per heavy atom. The summed E-state index contributed by atoms with van der Waals surface area (Å²) in [5.74, 6) is 0.510. The quantitative estimate of drug-likeness (QED) is 0.803. The maximum Gasteiger partial charge on any atom is 0.243 e. The second-order valence-electron chi connectivity index (χ2n) is 4.85. The number of amides is 2. The maximum absolute atomic E-state index is 11.8. The van der Waals surface area contributed by atoms with Crippen molar-refractivity contribution in [1.82, 2.24) is 5.32 Å². The van der Waals surface area contributed by atoms with Crippen LogP contribution in [-0.2, 0) is 9.59 Å². The van der Waals surface area contributed by atoms with Gasteiger partial charge in [0.25, 0.3) is 0 Å². The van der Waals surface area contributed by atoms with Crippen molar-refractivity contribution >= 4 is 17.5 Å². The lowest BCUT2D eigenvalue weighted by Crippen LogP contribution is -2.33. The Hall–Kier alpha value is -2.04. The molecule has 1 aromatic rings. The molecule has 0 aliphatic rings. The molecule has 0 aliphatic carbocycles. The van der Waals surface area contributed by atoms with Crippen LogP contribution in [0, 0.1) is 5.92 Å². The van der Waals surface area contributed by atoms with E-state index in [-0.39, 0.29) is 24.3 Å². The van der Waals surface area contributed by atoms with Crippen molar-refractivity contribution in [2.24, 2.45) is 5.92 Å². The van der Waals surface area contributed by atoms with Crippen LogP contribution in [0.2, 0.25) is 0 Å². The van der Waals surface area contributed by atoms with Crippen LogP contribution in [0.1, 0.15) is 27.2 Å². The largest absolute Gasteiger partial charge is 0.492 e. The highest BCUT2D eigenvalue weighted by Crippen LogP contribution is 2.23. The summed E-state index contributed by atoms with van der Waals surface area (Å²) in [5, 5.41) is 5.32. The van der Waals surface area contributed by atoms with Crippen LogP contribution >= 0.6 is 0 Å². The lowest BCUT2D eigenvalue weighted by atomic mass is 10.1. The average Bonchev–Trinajstić information content (AvgIpc) is 2.38. The molecule has 0 saturated heterocycles. The van der Waals surface area contributed by atoms with E-state index in [1.165, 1.54) is 0 Å². The number of rotatable bonds is 7. The molecule has 20 heavy (non-hydrogen) atoms. The van der Waals surface area contributed by atoms with Crippen LogP contribution in [-0.4, -0.2) is 25.0 Å².